The van der Waals surface area contributed by atoms with Crippen molar-refractivity contribution in [1.82, 2.24) is 0 Å². The Morgan fingerprint density at radius 1 is 1.12 bits per heavy atom. The fourth-order valence-corrected chi connectivity index (χ4v) is 3.28. The summed E-state index contributed by atoms with van der Waals surface area (Å²) in [6, 6.07) is 11.6. The van der Waals surface area contributed by atoms with Gasteiger partial charge in [-0.25, -0.2) is 4.39 Å². The quantitative estimate of drug-likeness (QED) is 0.780. The maximum atomic E-state index is 13.1. The number of nitrogens with zero attached hydrogens (tertiary/aromatic N) is 1. The average Bonchev–Trinajstić information content (AvgIpc) is 2.65. The van der Waals surface area contributed by atoms with E-state index in [1.165, 1.54) is 43.1 Å². The van der Waals surface area contributed by atoms with Crippen molar-refractivity contribution < 1.29 is 9.18 Å². The first-order valence-corrected chi connectivity index (χ1v) is 9.28. The first kappa shape index (κ1) is 18.5. The number of piperidine rings is 1. The number of rotatable bonds is 5. The van der Waals surface area contributed by atoms with Crippen LogP contribution in [0.4, 0.5) is 21.5 Å². The van der Waals surface area contributed by atoms with Crippen molar-refractivity contribution in [2.75, 3.05) is 28.6 Å². The molecule has 2 N–H and O–H groups in total. The van der Waals surface area contributed by atoms with E-state index in [0.29, 0.717) is 5.69 Å². The highest BCUT2D eigenvalue weighted by Gasteiger charge is 2.15. The molecule has 0 aromatic heterocycles. The molecule has 1 aliphatic heterocycles. The van der Waals surface area contributed by atoms with Gasteiger partial charge in [-0.05, 0) is 68.7 Å². The molecule has 138 valence electrons. The lowest BCUT2D eigenvalue weighted by Gasteiger charge is -2.29. The Kier molecular flexibility index (Phi) is 5.99. The molecule has 0 aliphatic carbocycles. The fourth-order valence-electron chi connectivity index (χ4n) is 3.07. The standard InChI is InChI=1S/C20H23ClFN3O/c1-14(20(26)24-19-10-5-15(22)13-18(19)21)23-16-6-8-17(9-7-16)25-11-3-2-4-12-25/h5-10,13-14,23H,2-4,11-12H2,1H3,(H,24,26)/t14-/m0/s1. The third-order valence-electron chi connectivity index (χ3n) is 4.55. The number of carbonyl (C=O) groups is 1. The first-order valence-electron chi connectivity index (χ1n) is 8.90. The van der Waals surface area contributed by atoms with Crippen molar-refractivity contribution in [3.63, 3.8) is 0 Å². The molecule has 1 fully saturated rings. The Morgan fingerprint density at radius 2 is 1.81 bits per heavy atom. The highest BCUT2D eigenvalue weighted by atomic mass is 35.5. The van der Waals surface area contributed by atoms with Gasteiger partial charge < -0.3 is 15.5 Å². The molecule has 3 rings (SSSR count). The molecule has 0 radical (unpaired) electrons. The van der Waals surface area contributed by atoms with Gasteiger partial charge in [-0.2, -0.15) is 0 Å². The molecule has 4 nitrogen and oxygen atoms in total. The summed E-state index contributed by atoms with van der Waals surface area (Å²) in [4.78, 5) is 14.7. The minimum atomic E-state index is -0.461. The molecule has 1 heterocycles. The minimum Gasteiger partial charge on any atom is -0.374 e. The van der Waals surface area contributed by atoms with Gasteiger partial charge >= 0.3 is 0 Å². The Balaban J connectivity index is 1.58. The molecule has 1 amide bonds. The van der Waals surface area contributed by atoms with E-state index in [9.17, 15) is 9.18 Å². The molecule has 0 bridgehead atoms. The third kappa shape index (κ3) is 4.67. The first-order chi connectivity index (χ1) is 12.5. The van der Waals surface area contributed by atoms with Crippen LogP contribution in [-0.4, -0.2) is 25.0 Å². The summed E-state index contributed by atoms with van der Waals surface area (Å²) in [6.07, 6.45) is 3.78. The molecule has 6 heteroatoms. The van der Waals surface area contributed by atoms with Crippen molar-refractivity contribution in [3.8, 4) is 0 Å². The number of anilines is 3. The Labute approximate surface area is 158 Å². The van der Waals surface area contributed by atoms with E-state index in [-0.39, 0.29) is 10.9 Å². The van der Waals surface area contributed by atoms with Gasteiger partial charge in [0.05, 0.1) is 10.7 Å². The van der Waals surface area contributed by atoms with Crippen LogP contribution in [0.5, 0.6) is 0 Å². The van der Waals surface area contributed by atoms with Crippen molar-refractivity contribution in [2.45, 2.75) is 32.2 Å². The van der Waals surface area contributed by atoms with Gasteiger partial charge in [-0.1, -0.05) is 11.6 Å². The average molecular weight is 376 g/mol. The van der Waals surface area contributed by atoms with Gasteiger partial charge in [0.15, 0.2) is 0 Å². The van der Waals surface area contributed by atoms with Gasteiger partial charge in [-0.15, -0.1) is 0 Å². The molecule has 1 saturated heterocycles. The van der Waals surface area contributed by atoms with E-state index in [1.807, 2.05) is 12.1 Å². The third-order valence-corrected chi connectivity index (χ3v) is 4.87. The fraction of sp³-hybridized carbons (Fsp3) is 0.350. The predicted octanol–water partition coefficient (Wildman–Crippen LogP) is 4.91. The van der Waals surface area contributed by atoms with Crippen LogP contribution in [0.3, 0.4) is 0 Å². The van der Waals surface area contributed by atoms with Crippen molar-refractivity contribution in [1.29, 1.82) is 0 Å². The highest BCUT2D eigenvalue weighted by Crippen LogP contribution is 2.24. The maximum Gasteiger partial charge on any atom is 0.246 e. The van der Waals surface area contributed by atoms with E-state index >= 15 is 0 Å². The van der Waals surface area contributed by atoms with E-state index in [1.54, 1.807) is 6.92 Å². The monoisotopic (exact) mass is 375 g/mol. The van der Waals surface area contributed by atoms with E-state index in [4.69, 9.17) is 11.6 Å². The Hall–Kier alpha value is -2.27. The second-order valence-corrected chi connectivity index (χ2v) is 6.98. The number of nitrogens with one attached hydrogen (secondary N) is 2. The molecule has 0 saturated carbocycles. The van der Waals surface area contributed by atoms with Crippen LogP contribution in [-0.2, 0) is 4.79 Å². The molecular weight excluding hydrogens is 353 g/mol. The smallest absolute Gasteiger partial charge is 0.246 e. The summed E-state index contributed by atoms with van der Waals surface area (Å²) in [5.41, 5.74) is 2.48. The van der Waals surface area contributed by atoms with Crippen LogP contribution in [0, 0.1) is 5.82 Å². The molecule has 2 aromatic rings. The zero-order valence-corrected chi connectivity index (χ0v) is 15.5. The van der Waals surface area contributed by atoms with Gasteiger partial charge in [-0.3, -0.25) is 4.79 Å². The van der Waals surface area contributed by atoms with Crippen LogP contribution in [0.2, 0.25) is 5.02 Å². The highest BCUT2D eigenvalue weighted by molar-refractivity contribution is 6.33. The summed E-state index contributed by atoms with van der Waals surface area (Å²) >= 11 is 5.95. The zero-order valence-electron chi connectivity index (χ0n) is 14.8. The largest absolute Gasteiger partial charge is 0.374 e. The van der Waals surface area contributed by atoms with Crippen molar-refractivity contribution in [2.24, 2.45) is 0 Å². The number of benzene rings is 2. The molecule has 1 atom stereocenters. The van der Waals surface area contributed by atoms with Crippen molar-refractivity contribution in [3.05, 3.63) is 53.3 Å². The summed E-state index contributed by atoms with van der Waals surface area (Å²) < 4.78 is 13.1. The minimum absolute atomic E-state index is 0.177. The van der Waals surface area contributed by atoms with Gasteiger partial charge in [0.1, 0.15) is 11.9 Å². The van der Waals surface area contributed by atoms with Crippen molar-refractivity contribution >= 4 is 34.6 Å². The SMILES string of the molecule is C[C@H](Nc1ccc(N2CCCCC2)cc1)C(=O)Nc1ccc(F)cc1Cl. The van der Waals surface area contributed by atoms with Gasteiger partial charge in [0.2, 0.25) is 5.91 Å². The second kappa shape index (κ2) is 8.41. The topological polar surface area (TPSA) is 44.4 Å². The van der Waals surface area contributed by atoms with Crippen LogP contribution < -0.4 is 15.5 Å². The van der Waals surface area contributed by atoms with Crippen LogP contribution >= 0.6 is 11.6 Å². The number of hydrogen-bond acceptors (Lipinski definition) is 3. The number of amides is 1. The lowest BCUT2D eigenvalue weighted by molar-refractivity contribution is -0.116. The predicted molar refractivity (Wildman–Crippen MR) is 106 cm³/mol. The summed E-state index contributed by atoms with van der Waals surface area (Å²) in [7, 11) is 0. The number of halogens is 2. The lowest BCUT2D eigenvalue weighted by atomic mass is 10.1. The van der Waals surface area contributed by atoms with E-state index in [0.717, 1.165) is 18.8 Å². The lowest BCUT2D eigenvalue weighted by Crippen LogP contribution is -2.32. The van der Waals surface area contributed by atoms with E-state index < -0.39 is 11.9 Å². The number of carbonyl (C=O) groups excluding carboxylic acids is 1. The molecule has 1 aliphatic rings. The summed E-state index contributed by atoms with van der Waals surface area (Å²) in [5, 5.41) is 6.06. The Bertz CT molecular complexity index is 760. The molecule has 0 unspecified atom stereocenters. The maximum absolute atomic E-state index is 13.1. The van der Waals surface area contributed by atoms with Crippen LogP contribution in [0.15, 0.2) is 42.5 Å². The van der Waals surface area contributed by atoms with Gasteiger partial charge in [0, 0.05) is 24.5 Å². The number of hydrogen-bond donors (Lipinski definition) is 2. The molecular formula is C20H23ClFN3O. The Morgan fingerprint density at radius 3 is 2.46 bits per heavy atom. The summed E-state index contributed by atoms with van der Waals surface area (Å²) in [6.45, 7) is 3.97. The zero-order chi connectivity index (χ0) is 18.5. The van der Waals surface area contributed by atoms with Crippen LogP contribution in [0.25, 0.3) is 0 Å². The normalized spacial score (nSPS) is 15.4. The molecule has 0 spiro atoms. The van der Waals surface area contributed by atoms with Gasteiger partial charge in [0.25, 0.3) is 0 Å². The van der Waals surface area contributed by atoms with E-state index in [2.05, 4.69) is 27.7 Å². The van der Waals surface area contributed by atoms with Crippen LogP contribution in [0.1, 0.15) is 26.2 Å². The second-order valence-electron chi connectivity index (χ2n) is 6.57. The molecule has 26 heavy (non-hydrogen) atoms. The molecule has 2 aromatic carbocycles. The summed E-state index contributed by atoms with van der Waals surface area (Å²) in [5.74, 6) is -0.674.